The van der Waals surface area contributed by atoms with Crippen LogP contribution in [0.5, 0.6) is 5.75 Å². The molecular formula is C24H24ClN5O6S2. The summed E-state index contributed by atoms with van der Waals surface area (Å²) in [6.45, 7) is 2.10. The van der Waals surface area contributed by atoms with E-state index in [2.05, 4.69) is 14.7 Å². The van der Waals surface area contributed by atoms with Crippen LogP contribution < -0.4 is 14.4 Å². The fraction of sp³-hybridized carbons (Fsp3) is 0.250. The molecule has 0 aliphatic carbocycles. The molecule has 1 aliphatic heterocycles. The summed E-state index contributed by atoms with van der Waals surface area (Å²) >= 11 is 6.59. The molecule has 4 aromatic rings. The van der Waals surface area contributed by atoms with Crippen molar-refractivity contribution in [3.05, 3.63) is 71.5 Å². The van der Waals surface area contributed by atoms with Crippen molar-refractivity contribution in [1.29, 1.82) is 0 Å². The van der Waals surface area contributed by atoms with Crippen molar-refractivity contribution in [1.82, 2.24) is 18.7 Å². The highest BCUT2D eigenvalue weighted by molar-refractivity contribution is 7.92. The first kappa shape index (κ1) is 26.4. The van der Waals surface area contributed by atoms with E-state index in [1.54, 1.807) is 30.5 Å². The normalized spacial score (nSPS) is 14.6. The number of rotatable bonds is 8. The van der Waals surface area contributed by atoms with Gasteiger partial charge >= 0.3 is 0 Å². The van der Waals surface area contributed by atoms with Crippen LogP contribution in [-0.4, -0.2) is 64.2 Å². The number of pyridine rings is 1. The Balaban J connectivity index is 1.55. The zero-order valence-electron chi connectivity index (χ0n) is 20.2. The summed E-state index contributed by atoms with van der Waals surface area (Å²) in [5.74, 6) is 0.395. The maximum absolute atomic E-state index is 13.6. The number of methoxy groups -OCH3 is 1. The van der Waals surface area contributed by atoms with Gasteiger partial charge in [-0.15, -0.1) is 0 Å². The van der Waals surface area contributed by atoms with E-state index in [1.165, 1.54) is 37.4 Å². The second kappa shape index (κ2) is 10.5. The van der Waals surface area contributed by atoms with Gasteiger partial charge in [-0.05, 0) is 30.3 Å². The molecule has 5 rings (SSSR count). The van der Waals surface area contributed by atoms with Crippen LogP contribution in [0.2, 0.25) is 5.02 Å². The summed E-state index contributed by atoms with van der Waals surface area (Å²) in [4.78, 5) is 10.4. The first-order chi connectivity index (χ1) is 18.2. The Hall–Kier alpha value is -3.23. The highest BCUT2D eigenvalue weighted by Gasteiger charge is 2.32. The second-order valence-electron chi connectivity index (χ2n) is 8.35. The molecule has 0 saturated carbocycles. The van der Waals surface area contributed by atoms with Gasteiger partial charge in [-0.3, -0.25) is 4.98 Å². The van der Waals surface area contributed by atoms with Crippen molar-refractivity contribution in [3.8, 4) is 5.75 Å². The molecule has 1 fully saturated rings. The van der Waals surface area contributed by atoms with Crippen LogP contribution in [0.4, 0.5) is 5.69 Å². The van der Waals surface area contributed by atoms with Gasteiger partial charge in [-0.1, -0.05) is 29.8 Å². The Morgan fingerprint density at radius 1 is 1.05 bits per heavy atom. The molecule has 3 heterocycles. The van der Waals surface area contributed by atoms with Crippen molar-refractivity contribution >= 4 is 48.4 Å². The van der Waals surface area contributed by atoms with Crippen LogP contribution in [0.3, 0.4) is 0 Å². The molecule has 0 radical (unpaired) electrons. The van der Waals surface area contributed by atoms with Gasteiger partial charge in [0.1, 0.15) is 5.75 Å². The molecule has 11 nitrogen and oxygen atoms in total. The third-order valence-electron chi connectivity index (χ3n) is 6.04. The zero-order chi connectivity index (χ0) is 26.9. The molecule has 1 saturated heterocycles. The number of benzene rings is 2. The number of imidazole rings is 1. The summed E-state index contributed by atoms with van der Waals surface area (Å²) in [5.41, 5.74) is 1.22. The van der Waals surface area contributed by atoms with Crippen LogP contribution in [0.25, 0.3) is 11.0 Å². The van der Waals surface area contributed by atoms with Crippen LogP contribution >= 0.6 is 11.6 Å². The molecule has 200 valence electrons. The predicted octanol–water partition coefficient (Wildman–Crippen LogP) is 2.65. The maximum atomic E-state index is 13.6. The molecule has 0 unspecified atom stereocenters. The van der Waals surface area contributed by atoms with E-state index >= 15 is 0 Å². The minimum Gasteiger partial charge on any atom is -0.497 e. The number of ether oxygens (including phenoxy) is 2. The van der Waals surface area contributed by atoms with Crippen molar-refractivity contribution in [2.45, 2.75) is 16.6 Å². The lowest BCUT2D eigenvalue weighted by molar-refractivity contribution is 0.122. The fourth-order valence-corrected chi connectivity index (χ4v) is 7.37. The van der Waals surface area contributed by atoms with Gasteiger partial charge < -0.3 is 14.4 Å². The molecule has 0 atom stereocenters. The topological polar surface area (TPSA) is 133 Å². The van der Waals surface area contributed by atoms with Crippen LogP contribution in [0, 0.1) is 0 Å². The van der Waals surface area contributed by atoms with Gasteiger partial charge in [-0.25, -0.2) is 30.5 Å². The van der Waals surface area contributed by atoms with Crippen molar-refractivity contribution in [2.75, 3.05) is 38.3 Å². The summed E-state index contributed by atoms with van der Waals surface area (Å²) < 4.78 is 68.1. The van der Waals surface area contributed by atoms with Gasteiger partial charge in [0.2, 0.25) is 0 Å². The third-order valence-corrected chi connectivity index (χ3v) is 9.56. The van der Waals surface area contributed by atoms with Crippen molar-refractivity contribution < 1.29 is 26.3 Å². The van der Waals surface area contributed by atoms with Crippen LogP contribution in [0.1, 0.15) is 5.69 Å². The second-order valence-corrected chi connectivity index (χ2v) is 12.2. The highest BCUT2D eigenvalue weighted by Crippen LogP contribution is 2.30. The lowest BCUT2D eigenvalue weighted by Gasteiger charge is -2.29. The largest absolute Gasteiger partial charge is 0.497 e. The molecule has 2 aromatic carbocycles. The average Bonchev–Trinajstić information content (AvgIpc) is 3.34. The average molecular weight is 578 g/mol. The fourth-order valence-electron chi connectivity index (χ4n) is 4.12. The molecular weight excluding hydrogens is 554 g/mol. The Kier molecular flexibility index (Phi) is 7.29. The van der Waals surface area contributed by atoms with E-state index in [1.807, 2.05) is 4.90 Å². The quantitative estimate of drug-likeness (QED) is 0.335. The first-order valence-electron chi connectivity index (χ1n) is 11.6. The standard InChI is InChI=1S/C24H24ClN5O6S2/c1-35-17-7-8-21-19(15-17)28-24(30(21)38(33,34)18-5-3-2-4-6-18)37(31,32)27-16-20-23(25)22(9-10-26-20)29-11-13-36-14-12-29/h2-10,15,27H,11-14,16H2,1H3. The summed E-state index contributed by atoms with van der Waals surface area (Å²) in [5, 5.41) is -0.391. The monoisotopic (exact) mass is 577 g/mol. The number of nitrogens with one attached hydrogen (secondary N) is 1. The number of anilines is 1. The van der Waals surface area contributed by atoms with E-state index in [9.17, 15) is 16.8 Å². The van der Waals surface area contributed by atoms with Crippen LogP contribution in [0.15, 0.2) is 70.8 Å². The Bertz CT molecular complexity index is 1690. The Labute approximate surface area is 225 Å². The van der Waals surface area contributed by atoms with Gasteiger partial charge in [0.15, 0.2) is 0 Å². The number of hydrogen-bond donors (Lipinski definition) is 1. The van der Waals surface area contributed by atoms with Crippen molar-refractivity contribution in [3.63, 3.8) is 0 Å². The van der Waals surface area contributed by atoms with E-state index in [-0.39, 0.29) is 28.2 Å². The maximum Gasteiger partial charge on any atom is 0.275 e. The molecule has 38 heavy (non-hydrogen) atoms. The third kappa shape index (κ3) is 4.95. The lowest BCUT2D eigenvalue weighted by atomic mass is 10.2. The van der Waals surface area contributed by atoms with E-state index in [0.29, 0.717) is 42.8 Å². The lowest BCUT2D eigenvalue weighted by Crippen LogP contribution is -2.36. The number of aromatic nitrogens is 3. The van der Waals surface area contributed by atoms with Gasteiger partial charge in [0, 0.05) is 25.4 Å². The molecule has 1 aliphatic rings. The van der Waals surface area contributed by atoms with Crippen molar-refractivity contribution in [2.24, 2.45) is 0 Å². The zero-order valence-corrected chi connectivity index (χ0v) is 22.6. The first-order valence-corrected chi connectivity index (χ1v) is 14.9. The molecule has 14 heteroatoms. The predicted molar refractivity (Wildman–Crippen MR) is 142 cm³/mol. The molecule has 2 aromatic heterocycles. The number of sulfonamides is 1. The number of halogens is 1. The summed E-state index contributed by atoms with van der Waals surface area (Å²) in [6.07, 6.45) is 1.54. The number of nitrogens with zero attached hydrogens (tertiary/aromatic N) is 4. The summed E-state index contributed by atoms with van der Waals surface area (Å²) in [6, 6.07) is 13.7. The van der Waals surface area contributed by atoms with Crippen LogP contribution in [-0.2, 0) is 31.3 Å². The number of fused-ring (bicyclic) bond motifs is 1. The number of hydrogen-bond acceptors (Lipinski definition) is 9. The van der Waals surface area contributed by atoms with Gasteiger partial charge in [0.25, 0.3) is 25.2 Å². The highest BCUT2D eigenvalue weighted by atomic mass is 35.5. The minimum atomic E-state index is -4.47. The Morgan fingerprint density at radius 2 is 1.79 bits per heavy atom. The number of morpholine rings is 1. The molecule has 0 spiro atoms. The van der Waals surface area contributed by atoms with Gasteiger partial charge in [0.05, 0.1) is 59.2 Å². The minimum absolute atomic E-state index is 0.0838. The summed E-state index contributed by atoms with van der Waals surface area (Å²) in [7, 11) is -7.36. The molecule has 0 amide bonds. The van der Waals surface area contributed by atoms with E-state index in [4.69, 9.17) is 21.1 Å². The van der Waals surface area contributed by atoms with E-state index < -0.39 is 25.2 Å². The SMILES string of the molecule is COc1ccc2c(c1)nc(S(=O)(=O)NCc1nccc(N3CCOCC3)c1Cl)n2S(=O)(=O)c1ccccc1. The van der Waals surface area contributed by atoms with E-state index in [0.717, 1.165) is 3.97 Å². The Morgan fingerprint density at radius 3 is 2.50 bits per heavy atom. The smallest absolute Gasteiger partial charge is 0.275 e. The van der Waals surface area contributed by atoms with Gasteiger partial charge in [-0.2, -0.15) is 0 Å². The molecule has 1 N–H and O–H groups in total. The molecule has 0 bridgehead atoms.